The van der Waals surface area contributed by atoms with E-state index in [1.807, 2.05) is 11.3 Å². The average Bonchev–Trinajstić information content (AvgIpc) is 2.58. The zero-order valence-electron chi connectivity index (χ0n) is 11.5. The molecule has 1 aromatic heterocycles. The summed E-state index contributed by atoms with van der Waals surface area (Å²) in [5, 5.41) is 3.71. The third-order valence-corrected chi connectivity index (χ3v) is 5.02. The van der Waals surface area contributed by atoms with E-state index in [1.165, 1.54) is 20.6 Å². The van der Waals surface area contributed by atoms with E-state index in [4.69, 9.17) is 0 Å². The Morgan fingerprint density at radius 1 is 1.35 bits per heavy atom. The predicted molar refractivity (Wildman–Crippen MR) is 81.8 cm³/mol. The highest BCUT2D eigenvalue weighted by molar-refractivity contribution is 9.11. The molecule has 0 fully saturated rings. The fourth-order valence-electron chi connectivity index (χ4n) is 2.03. The molecule has 0 aliphatic heterocycles. The summed E-state index contributed by atoms with van der Waals surface area (Å²) in [4.78, 5) is 1.43. The van der Waals surface area contributed by atoms with Gasteiger partial charge in [0.05, 0.1) is 3.79 Å². The van der Waals surface area contributed by atoms with Crippen molar-refractivity contribution in [1.29, 1.82) is 0 Å². The highest BCUT2D eigenvalue weighted by Gasteiger charge is 2.24. The molecule has 0 amide bonds. The van der Waals surface area contributed by atoms with Gasteiger partial charge in [-0.25, -0.2) is 0 Å². The minimum absolute atomic E-state index is 0.484. The van der Waals surface area contributed by atoms with Crippen LogP contribution in [0, 0.1) is 18.8 Å². The summed E-state index contributed by atoms with van der Waals surface area (Å²) in [6.07, 6.45) is 1.19. The van der Waals surface area contributed by atoms with Crippen LogP contribution >= 0.6 is 27.3 Å². The van der Waals surface area contributed by atoms with Crippen LogP contribution in [0.3, 0.4) is 0 Å². The fourth-order valence-corrected chi connectivity index (χ4v) is 3.79. The Bertz CT molecular complexity index is 346. The molecular weight excluding hydrogens is 294 g/mol. The van der Waals surface area contributed by atoms with Gasteiger partial charge in [0.2, 0.25) is 0 Å². The Morgan fingerprint density at radius 3 is 2.41 bits per heavy atom. The Balaban J connectivity index is 2.93. The van der Waals surface area contributed by atoms with Crippen LogP contribution in [0.15, 0.2) is 9.85 Å². The highest BCUT2D eigenvalue weighted by Crippen LogP contribution is 2.36. The van der Waals surface area contributed by atoms with E-state index in [0.29, 0.717) is 17.9 Å². The summed E-state index contributed by atoms with van der Waals surface area (Å²) >= 11 is 5.43. The van der Waals surface area contributed by atoms with Crippen LogP contribution in [0.1, 0.15) is 50.6 Å². The van der Waals surface area contributed by atoms with Gasteiger partial charge in [0.15, 0.2) is 0 Å². The first-order valence-corrected chi connectivity index (χ1v) is 8.07. The number of nitrogens with one attached hydrogen (secondary N) is 1. The topological polar surface area (TPSA) is 12.0 Å². The molecule has 17 heavy (non-hydrogen) atoms. The van der Waals surface area contributed by atoms with E-state index >= 15 is 0 Å². The van der Waals surface area contributed by atoms with Gasteiger partial charge in [-0.1, -0.05) is 27.7 Å². The first-order chi connectivity index (χ1) is 7.97. The number of rotatable bonds is 6. The third kappa shape index (κ3) is 4.08. The van der Waals surface area contributed by atoms with Crippen molar-refractivity contribution in [2.24, 2.45) is 11.8 Å². The highest BCUT2D eigenvalue weighted by atomic mass is 79.9. The summed E-state index contributed by atoms with van der Waals surface area (Å²) in [6.45, 7) is 12.5. The lowest BCUT2D eigenvalue weighted by molar-refractivity contribution is 0.303. The van der Waals surface area contributed by atoms with Gasteiger partial charge in [-0.15, -0.1) is 11.3 Å². The van der Waals surface area contributed by atoms with Gasteiger partial charge < -0.3 is 5.32 Å². The Kier molecular flexibility index (Phi) is 6.18. The molecule has 0 saturated carbocycles. The van der Waals surface area contributed by atoms with Crippen LogP contribution in [0.4, 0.5) is 0 Å². The summed E-state index contributed by atoms with van der Waals surface area (Å²) in [7, 11) is 0. The van der Waals surface area contributed by atoms with Crippen LogP contribution in [-0.2, 0) is 0 Å². The molecule has 1 heterocycles. The van der Waals surface area contributed by atoms with Crippen molar-refractivity contribution in [3.05, 3.63) is 20.3 Å². The SMILES string of the molecule is CCCNC(c1cc(Br)sc1C)C(C)C(C)C. The molecule has 0 aromatic carbocycles. The second-order valence-corrected chi connectivity index (χ2v) is 7.73. The minimum Gasteiger partial charge on any atom is -0.310 e. The van der Waals surface area contributed by atoms with Crippen molar-refractivity contribution in [2.45, 2.75) is 47.1 Å². The first kappa shape index (κ1) is 15.2. The van der Waals surface area contributed by atoms with E-state index in [-0.39, 0.29) is 0 Å². The van der Waals surface area contributed by atoms with Gasteiger partial charge >= 0.3 is 0 Å². The van der Waals surface area contributed by atoms with Crippen molar-refractivity contribution in [2.75, 3.05) is 6.54 Å². The molecule has 0 aliphatic rings. The van der Waals surface area contributed by atoms with E-state index in [2.05, 4.69) is 61.9 Å². The van der Waals surface area contributed by atoms with Crippen LogP contribution < -0.4 is 5.32 Å². The maximum atomic E-state index is 3.71. The quantitative estimate of drug-likeness (QED) is 0.764. The molecule has 0 saturated heterocycles. The summed E-state index contributed by atoms with van der Waals surface area (Å²) < 4.78 is 1.24. The molecule has 0 aliphatic carbocycles. The molecule has 2 atom stereocenters. The second-order valence-electron chi connectivity index (χ2n) is 5.10. The molecular formula is C14H24BrNS. The molecule has 2 unspecified atom stereocenters. The first-order valence-electron chi connectivity index (χ1n) is 6.46. The average molecular weight is 318 g/mol. The number of hydrogen-bond acceptors (Lipinski definition) is 2. The van der Waals surface area contributed by atoms with Gasteiger partial charge in [0.1, 0.15) is 0 Å². The molecule has 98 valence electrons. The van der Waals surface area contributed by atoms with Gasteiger partial charge in [-0.2, -0.15) is 0 Å². The Morgan fingerprint density at radius 2 is 2.00 bits per heavy atom. The van der Waals surface area contributed by atoms with Crippen LogP contribution in [0.25, 0.3) is 0 Å². The van der Waals surface area contributed by atoms with E-state index in [0.717, 1.165) is 6.54 Å². The second kappa shape index (κ2) is 6.91. The largest absolute Gasteiger partial charge is 0.310 e. The van der Waals surface area contributed by atoms with Crippen LogP contribution in [-0.4, -0.2) is 6.54 Å². The molecule has 1 N–H and O–H groups in total. The van der Waals surface area contributed by atoms with Gasteiger partial charge in [0.25, 0.3) is 0 Å². The monoisotopic (exact) mass is 317 g/mol. The van der Waals surface area contributed by atoms with Crippen molar-refractivity contribution in [3.8, 4) is 0 Å². The van der Waals surface area contributed by atoms with Crippen LogP contribution in [0.2, 0.25) is 0 Å². The zero-order chi connectivity index (χ0) is 13.0. The van der Waals surface area contributed by atoms with Crippen molar-refractivity contribution in [3.63, 3.8) is 0 Å². The Labute approximate surface area is 118 Å². The van der Waals surface area contributed by atoms with E-state index in [9.17, 15) is 0 Å². The zero-order valence-corrected chi connectivity index (χ0v) is 13.9. The van der Waals surface area contributed by atoms with Crippen LogP contribution in [0.5, 0.6) is 0 Å². The minimum atomic E-state index is 0.484. The fraction of sp³-hybridized carbons (Fsp3) is 0.714. The van der Waals surface area contributed by atoms with E-state index in [1.54, 1.807) is 0 Å². The summed E-state index contributed by atoms with van der Waals surface area (Å²) in [5.74, 6) is 1.35. The lowest BCUT2D eigenvalue weighted by Crippen LogP contribution is -2.30. The maximum absolute atomic E-state index is 3.71. The molecule has 1 nitrogen and oxygen atoms in total. The number of thiophene rings is 1. The molecule has 0 spiro atoms. The molecule has 1 rings (SSSR count). The summed E-state index contributed by atoms with van der Waals surface area (Å²) in [6, 6.07) is 2.77. The van der Waals surface area contributed by atoms with Gasteiger partial charge in [0, 0.05) is 10.9 Å². The predicted octanol–water partition coefficient (Wildman–Crippen LogP) is 5.15. The van der Waals surface area contributed by atoms with Crippen molar-refractivity contribution >= 4 is 27.3 Å². The summed E-state index contributed by atoms with van der Waals surface area (Å²) in [5.41, 5.74) is 1.47. The normalized spacial score (nSPS) is 15.2. The standard InChI is InChI=1S/C14H24BrNS/c1-6-7-16-14(10(4)9(2)3)12-8-13(15)17-11(12)5/h8-10,14,16H,6-7H2,1-5H3. The number of aryl methyl sites for hydroxylation is 1. The van der Waals surface area contributed by atoms with Crippen molar-refractivity contribution in [1.82, 2.24) is 5.32 Å². The molecule has 0 radical (unpaired) electrons. The van der Waals surface area contributed by atoms with Gasteiger partial charge in [-0.3, -0.25) is 0 Å². The third-order valence-electron chi connectivity index (χ3n) is 3.45. The number of hydrogen-bond donors (Lipinski definition) is 1. The Hall–Kier alpha value is 0.140. The maximum Gasteiger partial charge on any atom is 0.0704 e. The lowest BCUT2D eigenvalue weighted by Gasteiger charge is -2.28. The van der Waals surface area contributed by atoms with Gasteiger partial charge in [-0.05, 0) is 59.3 Å². The molecule has 0 bridgehead atoms. The smallest absolute Gasteiger partial charge is 0.0704 e. The van der Waals surface area contributed by atoms with Crippen molar-refractivity contribution < 1.29 is 0 Å². The molecule has 1 aromatic rings. The molecule has 3 heteroatoms. The lowest BCUT2D eigenvalue weighted by atomic mass is 9.86. The van der Waals surface area contributed by atoms with E-state index < -0.39 is 0 Å². The number of halogens is 1.